The Morgan fingerprint density at radius 3 is 2.19 bits per heavy atom. The average molecular weight is 253 g/mol. The number of alkyl halides is 3. The van der Waals surface area contributed by atoms with Crippen LogP contribution in [-0.4, -0.2) is 13.3 Å². The predicted molar refractivity (Wildman–Crippen MR) is 57.1 cm³/mol. The van der Waals surface area contributed by atoms with Crippen LogP contribution in [0.4, 0.5) is 13.2 Å². The molecule has 0 spiro atoms. The zero-order valence-corrected chi connectivity index (χ0v) is 9.91. The minimum atomic E-state index is -4.36. The Morgan fingerprint density at radius 2 is 1.75 bits per heavy atom. The number of benzene rings is 1. The SMILES string of the molecule is COc1ccc(Cl)cc1C(C)(C)C(F)(F)F. The maximum absolute atomic E-state index is 12.9. The average Bonchev–Trinajstić information content (AvgIpc) is 2.16. The van der Waals surface area contributed by atoms with Crippen molar-refractivity contribution in [2.45, 2.75) is 25.4 Å². The molecule has 5 heteroatoms. The number of rotatable bonds is 2. The summed E-state index contributed by atoms with van der Waals surface area (Å²) in [4.78, 5) is 0. The lowest BCUT2D eigenvalue weighted by atomic mass is 9.83. The summed E-state index contributed by atoms with van der Waals surface area (Å²) in [7, 11) is 1.33. The van der Waals surface area contributed by atoms with Crippen molar-refractivity contribution in [1.29, 1.82) is 0 Å². The smallest absolute Gasteiger partial charge is 0.398 e. The van der Waals surface area contributed by atoms with Gasteiger partial charge in [0.15, 0.2) is 0 Å². The lowest BCUT2D eigenvalue weighted by Crippen LogP contribution is -2.36. The second-order valence-corrected chi connectivity index (χ2v) is 4.40. The molecular weight excluding hydrogens is 241 g/mol. The molecule has 16 heavy (non-hydrogen) atoms. The van der Waals surface area contributed by atoms with E-state index in [0.717, 1.165) is 13.8 Å². The second kappa shape index (κ2) is 4.17. The first-order valence-corrected chi connectivity index (χ1v) is 4.98. The maximum Gasteiger partial charge on any atom is 0.398 e. The molecule has 0 aromatic heterocycles. The van der Waals surface area contributed by atoms with Crippen LogP contribution in [0.25, 0.3) is 0 Å². The van der Waals surface area contributed by atoms with Crippen LogP contribution >= 0.6 is 11.6 Å². The van der Waals surface area contributed by atoms with E-state index in [-0.39, 0.29) is 16.3 Å². The number of halogens is 4. The van der Waals surface area contributed by atoms with E-state index in [9.17, 15) is 13.2 Å². The number of methoxy groups -OCH3 is 1. The highest BCUT2D eigenvalue weighted by Gasteiger charge is 2.49. The summed E-state index contributed by atoms with van der Waals surface area (Å²) in [6.07, 6.45) is -4.36. The van der Waals surface area contributed by atoms with Gasteiger partial charge < -0.3 is 4.74 Å². The zero-order chi connectivity index (χ0) is 12.6. The molecule has 0 aliphatic carbocycles. The molecular formula is C11H12ClF3O. The highest BCUT2D eigenvalue weighted by atomic mass is 35.5. The fraction of sp³-hybridized carbons (Fsp3) is 0.455. The molecule has 90 valence electrons. The summed E-state index contributed by atoms with van der Waals surface area (Å²) in [5.41, 5.74) is -1.96. The van der Waals surface area contributed by atoms with Crippen molar-refractivity contribution in [2.75, 3.05) is 7.11 Å². The quantitative estimate of drug-likeness (QED) is 0.767. The number of ether oxygens (including phenoxy) is 1. The Morgan fingerprint density at radius 1 is 1.19 bits per heavy atom. The van der Waals surface area contributed by atoms with Crippen molar-refractivity contribution < 1.29 is 17.9 Å². The Bertz CT molecular complexity index is 385. The summed E-state index contributed by atoms with van der Waals surface area (Å²) in [6, 6.07) is 4.22. The number of hydrogen-bond donors (Lipinski definition) is 0. The molecule has 1 nitrogen and oxygen atoms in total. The van der Waals surface area contributed by atoms with Gasteiger partial charge in [0.2, 0.25) is 0 Å². The topological polar surface area (TPSA) is 9.23 Å². The van der Waals surface area contributed by atoms with Crippen molar-refractivity contribution in [3.63, 3.8) is 0 Å². The van der Waals surface area contributed by atoms with Crippen molar-refractivity contribution in [1.82, 2.24) is 0 Å². The van der Waals surface area contributed by atoms with E-state index in [1.165, 1.54) is 25.3 Å². The van der Waals surface area contributed by atoms with E-state index in [1.807, 2.05) is 0 Å². The molecule has 0 fully saturated rings. The minimum Gasteiger partial charge on any atom is -0.496 e. The van der Waals surface area contributed by atoms with Gasteiger partial charge in [-0.15, -0.1) is 0 Å². The van der Waals surface area contributed by atoms with Crippen molar-refractivity contribution in [3.8, 4) is 5.75 Å². The molecule has 0 N–H and O–H groups in total. The summed E-state index contributed by atoms with van der Waals surface area (Å²) < 4.78 is 43.5. The van der Waals surface area contributed by atoms with Gasteiger partial charge in [-0.3, -0.25) is 0 Å². The Labute approximate surface area is 97.2 Å². The van der Waals surface area contributed by atoms with Crippen LogP contribution in [-0.2, 0) is 5.41 Å². The molecule has 1 aromatic rings. The van der Waals surface area contributed by atoms with Crippen LogP contribution in [0.2, 0.25) is 5.02 Å². The Hall–Kier alpha value is -0.900. The fourth-order valence-corrected chi connectivity index (χ4v) is 1.49. The van der Waals surface area contributed by atoms with Crippen LogP contribution in [0.15, 0.2) is 18.2 Å². The monoisotopic (exact) mass is 252 g/mol. The second-order valence-electron chi connectivity index (χ2n) is 3.97. The molecule has 1 rings (SSSR count). The summed E-state index contributed by atoms with van der Waals surface area (Å²) in [5.74, 6) is 0.187. The first-order valence-electron chi connectivity index (χ1n) is 4.61. The third-order valence-electron chi connectivity index (χ3n) is 2.54. The molecule has 0 aliphatic heterocycles. The molecule has 0 radical (unpaired) electrons. The van der Waals surface area contributed by atoms with Crippen LogP contribution in [0.3, 0.4) is 0 Å². The van der Waals surface area contributed by atoms with Gasteiger partial charge in [0, 0.05) is 10.6 Å². The third kappa shape index (κ3) is 2.26. The first-order chi connectivity index (χ1) is 7.20. The van der Waals surface area contributed by atoms with E-state index >= 15 is 0 Å². The van der Waals surface area contributed by atoms with Gasteiger partial charge in [0.05, 0.1) is 12.5 Å². The van der Waals surface area contributed by atoms with E-state index in [1.54, 1.807) is 0 Å². The lowest BCUT2D eigenvalue weighted by molar-refractivity contribution is -0.180. The molecule has 0 bridgehead atoms. The molecule has 0 aliphatic rings. The van der Waals surface area contributed by atoms with Crippen LogP contribution in [0, 0.1) is 0 Å². The van der Waals surface area contributed by atoms with E-state index in [2.05, 4.69) is 0 Å². The van der Waals surface area contributed by atoms with Crippen molar-refractivity contribution in [3.05, 3.63) is 28.8 Å². The normalized spacial score (nSPS) is 12.7. The fourth-order valence-electron chi connectivity index (χ4n) is 1.32. The van der Waals surface area contributed by atoms with Gasteiger partial charge in [-0.25, -0.2) is 0 Å². The van der Waals surface area contributed by atoms with E-state index < -0.39 is 11.6 Å². The summed E-state index contributed by atoms with van der Waals surface area (Å²) in [6.45, 7) is 2.20. The molecule has 0 heterocycles. The van der Waals surface area contributed by atoms with Gasteiger partial charge in [-0.1, -0.05) is 11.6 Å². The molecule has 0 saturated carbocycles. The Kier molecular flexibility index (Phi) is 3.43. The lowest BCUT2D eigenvalue weighted by Gasteiger charge is -2.29. The Balaban J connectivity index is 3.36. The highest BCUT2D eigenvalue weighted by Crippen LogP contribution is 2.44. The van der Waals surface area contributed by atoms with Crippen LogP contribution in [0.1, 0.15) is 19.4 Å². The van der Waals surface area contributed by atoms with Gasteiger partial charge in [-0.2, -0.15) is 13.2 Å². The van der Waals surface area contributed by atoms with Gasteiger partial charge in [-0.05, 0) is 32.0 Å². The standard InChI is InChI=1S/C11H12ClF3O/c1-10(2,11(13,14)15)8-6-7(12)4-5-9(8)16-3/h4-6H,1-3H3. The molecule has 0 amide bonds. The predicted octanol–water partition coefficient (Wildman–Crippen LogP) is 4.19. The van der Waals surface area contributed by atoms with Gasteiger partial charge >= 0.3 is 6.18 Å². The molecule has 0 saturated heterocycles. The van der Waals surface area contributed by atoms with Crippen LogP contribution < -0.4 is 4.74 Å². The summed E-state index contributed by atoms with van der Waals surface area (Å²) >= 11 is 5.71. The van der Waals surface area contributed by atoms with Crippen LogP contribution in [0.5, 0.6) is 5.75 Å². The van der Waals surface area contributed by atoms with Gasteiger partial charge in [0.25, 0.3) is 0 Å². The molecule has 1 aromatic carbocycles. The molecule has 0 atom stereocenters. The maximum atomic E-state index is 12.9. The van der Waals surface area contributed by atoms with E-state index in [4.69, 9.17) is 16.3 Å². The zero-order valence-electron chi connectivity index (χ0n) is 9.15. The van der Waals surface area contributed by atoms with Crippen molar-refractivity contribution >= 4 is 11.6 Å². The van der Waals surface area contributed by atoms with E-state index in [0.29, 0.717) is 0 Å². The van der Waals surface area contributed by atoms with Gasteiger partial charge in [0.1, 0.15) is 5.75 Å². The highest BCUT2D eigenvalue weighted by molar-refractivity contribution is 6.30. The first kappa shape index (κ1) is 13.2. The van der Waals surface area contributed by atoms with Crippen molar-refractivity contribution in [2.24, 2.45) is 0 Å². The third-order valence-corrected chi connectivity index (χ3v) is 2.78. The molecule has 0 unspecified atom stereocenters. The summed E-state index contributed by atoms with van der Waals surface area (Å²) in [5, 5.41) is 0.258. The largest absolute Gasteiger partial charge is 0.496 e. The minimum absolute atomic E-state index is 0.0370. The number of hydrogen-bond acceptors (Lipinski definition) is 1.